The number of hydrogen-bond donors (Lipinski definition) is 2. The summed E-state index contributed by atoms with van der Waals surface area (Å²) in [6.45, 7) is 7.49. The fourth-order valence-corrected chi connectivity index (χ4v) is 4.87. The first kappa shape index (κ1) is 23.2. The van der Waals surface area contributed by atoms with Gasteiger partial charge in [0.2, 0.25) is 0 Å². The van der Waals surface area contributed by atoms with Crippen molar-refractivity contribution in [3.05, 3.63) is 95.1 Å². The molecular formula is C30H32N2O3. The predicted molar refractivity (Wildman–Crippen MR) is 141 cm³/mol. The van der Waals surface area contributed by atoms with Gasteiger partial charge in [-0.05, 0) is 66.6 Å². The van der Waals surface area contributed by atoms with E-state index < -0.39 is 0 Å². The molecule has 0 aromatic heterocycles. The van der Waals surface area contributed by atoms with Crippen LogP contribution >= 0.6 is 0 Å². The highest BCUT2D eigenvalue weighted by molar-refractivity contribution is 5.95. The maximum atomic E-state index is 10.1. The number of phenols is 2. The maximum Gasteiger partial charge on any atom is 0.150 e. The van der Waals surface area contributed by atoms with E-state index >= 15 is 0 Å². The second-order valence-electron chi connectivity index (χ2n) is 9.44. The Bertz CT molecular complexity index is 1250. The van der Waals surface area contributed by atoms with Gasteiger partial charge in [-0.1, -0.05) is 48.6 Å². The third-order valence-electron chi connectivity index (χ3n) is 6.94. The zero-order chi connectivity index (χ0) is 24.4. The molecule has 0 saturated carbocycles. The van der Waals surface area contributed by atoms with Crippen molar-refractivity contribution in [2.45, 2.75) is 13.0 Å². The van der Waals surface area contributed by atoms with Crippen LogP contribution in [0.5, 0.6) is 17.2 Å². The minimum atomic E-state index is -0.322. The average molecular weight is 469 g/mol. The third kappa shape index (κ3) is 5.11. The highest BCUT2D eigenvalue weighted by Crippen LogP contribution is 2.47. The number of rotatable bonds is 5. The van der Waals surface area contributed by atoms with E-state index in [9.17, 15) is 10.2 Å². The second kappa shape index (κ2) is 9.98. The molecule has 2 heterocycles. The lowest BCUT2D eigenvalue weighted by Crippen LogP contribution is -2.44. The van der Waals surface area contributed by atoms with Gasteiger partial charge in [-0.3, -0.25) is 4.90 Å². The molecule has 3 aromatic carbocycles. The standard InChI is InChI=1S/C30H32N2O3/c1-21-27-20-26(34)12-13-28(27)35-30(29(21)24-6-3-7-25(33)19-24)23-10-8-22(9-11-23)5-4-14-32-17-15-31(2)16-18-32/h3-13,19-20,30,33-34H,14-18H2,1-2H3/b5-4+. The van der Waals surface area contributed by atoms with Gasteiger partial charge in [0.1, 0.15) is 23.4 Å². The van der Waals surface area contributed by atoms with Crippen molar-refractivity contribution in [2.24, 2.45) is 0 Å². The van der Waals surface area contributed by atoms with Crippen LogP contribution in [-0.2, 0) is 0 Å². The zero-order valence-electron chi connectivity index (χ0n) is 20.3. The Morgan fingerprint density at radius 3 is 2.40 bits per heavy atom. The van der Waals surface area contributed by atoms with E-state index in [1.54, 1.807) is 24.3 Å². The van der Waals surface area contributed by atoms with Crippen molar-refractivity contribution < 1.29 is 14.9 Å². The predicted octanol–water partition coefficient (Wildman–Crippen LogP) is 5.42. The van der Waals surface area contributed by atoms with Crippen LogP contribution in [0.25, 0.3) is 17.2 Å². The Hall–Kier alpha value is -3.54. The first-order valence-electron chi connectivity index (χ1n) is 12.2. The van der Waals surface area contributed by atoms with E-state index in [1.807, 2.05) is 25.1 Å². The van der Waals surface area contributed by atoms with Crippen molar-refractivity contribution >= 4 is 17.2 Å². The molecule has 3 aromatic rings. The topological polar surface area (TPSA) is 56.2 Å². The normalized spacial score (nSPS) is 19.1. The molecule has 2 aliphatic heterocycles. The van der Waals surface area contributed by atoms with E-state index in [0.29, 0.717) is 0 Å². The molecule has 0 bridgehead atoms. The maximum absolute atomic E-state index is 10.1. The molecule has 0 amide bonds. The summed E-state index contributed by atoms with van der Waals surface area (Å²) < 4.78 is 6.48. The second-order valence-corrected chi connectivity index (χ2v) is 9.44. The minimum Gasteiger partial charge on any atom is -0.508 e. The lowest BCUT2D eigenvalue weighted by atomic mass is 9.86. The Morgan fingerprint density at radius 2 is 1.66 bits per heavy atom. The summed E-state index contributed by atoms with van der Waals surface area (Å²) in [7, 11) is 2.18. The molecule has 0 spiro atoms. The van der Waals surface area contributed by atoms with Crippen LogP contribution in [0.1, 0.15) is 35.3 Å². The summed E-state index contributed by atoms with van der Waals surface area (Å²) in [5.41, 5.74) is 5.97. The van der Waals surface area contributed by atoms with Crippen molar-refractivity contribution in [1.29, 1.82) is 0 Å². The van der Waals surface area contributed by atoms with E-state index in [2.05, 4.69) is 53.3 Å². The Balaban J connectivity index is 1.41. The van der Waals surface area contributed by atoms with Gasteiger partial charge in [0.25, 0.3) is 0 Å². The number of piperazine rings is 1. The Kier molecular flexibility index (Phi) is 6.62. The number of benzene rings is 3. The van der Waals surface area contributed by atoms with Crippen LogP contribution in [0.3, 0.4) is 0 Å². The number of phenolic OH excluding ortho intramolecular Hbond substituents is 2. The molecule has 2 N–H and O–H groups in total. The third-order valence-corrected chi connectivity index (χ3v) is 6.94. The molecule has 180 valence electrons. The molecule has 0 aliphatic carbocycles. The summed E-state index contributed by atoms with van der Waals surface area (Å²) in [5, 5.41) is 20.2. The average Bonchev–Trinajstić information content (AvgIpc) is 2.86. The van der Waals surface area contributed by atoms with Crippen molar-refractivity contribution in [3.8, 4) is 17.2 Å². The van der Waals surface area contributed by atoms with Crippen molar-refractivity contribution in [2.75, 3.05) is 39.8 Å². The summed E-state index contributed by atoms with van der Waals surface area (Å²) in [6, 6.07) is 20.9. The number of ether oxygens (including phenoxy) is 1. The van der Waals surface area contributed by atoms with Crippen molar-refractivity contribution in [1.82, 2.24) is 9.80 Å². The monoisotopic (exact) mass is 468 g/mol. The quantitative estimate of drug-likeness (QED) is 0.524. The van der Waals surface area contributed by atoms with Gasteiger partial charge in [-0.2, -0.15) is 0 Å². The Morgan fingerprint density at radius 1 is 0.914 bits per heavy atom. The number of allylic oxidation sites excluding steroid dienone is 1. The molecule has 0 radical (unpaired) electrons. The lowest BCUT2D eigenvalue weighted by Gasteiger charge is -2.31. The summed E-state index contributed by atoms with van der Waals surface area (Å²) in [6.07, 6.45) is 4.10. The van der Waals surface area contributed by atoms with Crippen LogP contribution in [-0.4, -0.2) is 59.8 Å². The minimum absolute atomic E-state index is 0.202. The van der Waals surface area contributed by atoms with E-state index in [4.69, 9.17) is 4.74 Å². The number of likely N-dealkylation sites (N-methyl/N-ethyl adjacent to an activating group) is 1. The Labute approximate surface area is 207 Å². The molecule has 35 heavy (non-hydrogen) atoms. The van der Waals surface area contributed by atoms with E-state index in [-0.39, 0.29) is 17.6 Å². The lowest BCUT2D eigenvalue weighted by molar-refractivity contribution is 0.167. The highest BCUT2D eigenvalue weighted by atomic mass is 16.5. The van der Waals surface area contributed by atoms with Crippen LogP contribution in [0.4, 0.5) is 0 Å². The number of aromatic hydroxyl groups is 2. The van der Waals surface area contributed by atoms with Gasteiger partial charge >= 0.3 is 0 Å². The highest BCUT2D eigenvalue weighted by Gasteiger charge is 2.29. The molecule has 5 heteroatoms. The number of nitrogens with zero attached hydrogens (tertiary/aromatic N) is 2. The number of hydrogen-bond acceptors (Lipinski definition) is 5. The van der Waals surface area contributed by atoms with Gasteiger partial charge in [0, 0.05) is 43.9 Å². The van der Waals surface area contributed by atoms with Gasteiger partial charge in [-0.15, -0.1) is 0 Å². The number of fused-ring (bicyclic) bond motifs is 1. The van der Waals surface area contributed by atoms with Gasteiger partial charge < -0.3 is 19.8 Å². The summed E-state index contributed by atoms with van der Waals surface area (Å²) >= 11 is 0. The van der Waals surface area contributed by atoms with Gasteiger partial charge in [0.15, 0.2) is 0 Å². The molecule has 1 fully saturated rings. The van der Waals surface area contributed by atoms with Crippen LogP contribution in [0.2, 0.25) is 0 Å². The van der Waals surface area contributed by atoms with Gasteiger partial charge in [0.05, 0.1) is 0 Å². The molecule has 1 unspecified atom stereocenters. The fraction of sp³-hybridized carbons (Fsp3) is 0.267. The smallest absolute Gasteiger partial charge is 0.150 e. The van der Waals surface area contributed by atoms with Gasteiger partial charge in [-0.25, -0.2) is 0 Å². The molecule has 5 rings (SSSR count). The first-order chi connectivity index (χ1) is 17.0. The molecule has 1 saturated heterocycles. The molecular weight excluding hydrogens is 436 g/mol. The van der Waals surface area contributed by atoms with Crippen LogP contribution in [0, 0.1) is 0 Å². The summed E-state index contributed by atoms with van der Waals surface area (Å²) in [4.78, 5) is 4.85. The zero-order valence-corrected chi connectivity index (χ0v) is 20.3. The molecule has 1 atom stereocenters. The van der Waals surface area contributed by atoms with Crippen LogP contribution < -0.4 is 4.74 Å². The summed E-state index contributed by atoms with van der Waals surface area (Å²) in [5.74, 6) is 1.16. The SMILES string of the molecule is CC1=C(c2cccc(O)c2)C(c2ccc(/C=C/CN3CCN(C)CC3)cc2)Oc2ccc(O)cc21. The van der Waals surface area contributed by atoms with E-state index in [1.165, 1.54) is 0 Å². The first-order valence-corrected chi connectivity index (χ1v) is 12.2. The fourth-order valence-electron chi connectivity index (χ4n) is 4.87. The van der Waals surface area contributed by atoms with Crippen LogP contribution in [0.15, 0.2) is 72.8 Å². The molecule has 2 aliphatic rings. The van der Waals surface area contributed by atoms with E-state index in [0.717, 1.165) is 71.9 Å². The molecule has 5 nitrogen and oxygen atoms in total. The largest absolute Gasteiger partial charge is 0.508 e. The van der Waals surface area contributed by atoms with Crippen molar-refractivity contribution in [3.63, 3.8) is 0 Å².